The zero-order valence-corrected chi connectivity index (χ0v) is 8.34. The third-order valence-electron chi connectivity index (χ3n) is 2.31. The minimum absolute atomic E-state index is 0.000556. The average Bonchev–Trinajstić information content (AvgIpc) is 2.03. The molecule has 2 heteroatoms. The molecule has 1 rings (SSSR count). The summed E-state index contributed by atoms with van der Waals surface area (Å²) in [5, 5.41) is 0. The molecule has 1 nitrogen and oxygen atoms in total. The summed E-state index contributed by atoms with van der Waals surface area (Å²) in [6.07, 6.45) is 0. The summed E-state index contributed by atoms with van der Waals surface area (Å²) in [5.41, 5.74) is 7.94. The van der Waals surface area contributed by atoms with Gasteiger partial charge in [-0.3, -0.25) is 0 Å². The van der Waals surface area contributed by atoms with Crippen molar-refractivity contribution in [3.8, 4) is 0 Å². The molecular formula is C11H16FN. The first kappa shape index (κ1) is 10.2. The van der Waals surface area contributed by atoms with Crippen molar-refractivity contribution in [2.75, 3.05) is 0 Å². The van der Waals surface area contributed by atoms with Crippen LogP contribution in [-0.4, -0.2) is 0 Å². The van der Waals surface area contributed by atoms with Gasteiger partial charge in [0.1, 0.15) is 5.82 Å². The maximum atomic E-state index is 12.8. The molecule has 0 aliphatic carbocycles. The number of rotatable bonds is 2. The smallest absolute Gasteiger partial charge is 0.123 e. The number of hydrogen-bond donors (Lipinski definition) is 1. The highest BCUT2D eigenvalue weighted by Gasteiger charge is 2.12. The molecule has 0 bridgehead atoms. The summed E-state index contributed by atoms with van der Waals surface area (Å²) in [4.78, 5) is 0. The Morgan fingerprint density at radius 3 is 2.38 bits per heavy atom. The van der Waals surface area contributed by atoms with Gasteiger partial charge in [0.2, 0.25) is 0 Å². The number of nitrogens with two attached hydrogens (primary N) is 1. The number of hydrogen-bond acceptors (Lipinski definition) is 1. The second-order valence-electron chi connectivity index (χ2n) is 3.77. The van der Waals surface area contributed by atoms with Crippen molar-refractivity contribution in [3.63, 3.8) is 0 Å². The molecule has 0 aliphatic rings. The fourth-order valence-corrected chi connectivity index (χ4v) is 1.37. The van der Waals surface area contributed by atoms with Crippen LogP contribution in [0.3, 0.4) is 0 Å². The van der Waals surface area contributed by atoms with Gasteiger partial charge < -0.3 is 5.73 Å². The summed E-state index contributed by atoms with van der Waals surface area (Å²) < 4.78 is 12.8. The highest BCUT2D eigenvalue weighted by Crippen LogP contribution is 2.22. The van der Waals surface area contributed by atoms with E-state index >= 15 is 0 Å². The maximum Gasteiger partial charge on any atom is 0.123 e. The second-order valence-corrected chi connectivity index (χ2v) is 3.77. The van der Waals surface area contributed by atoms with Gasteiger partial charge in [-0.05, 0) is 36.1 Å². The Morgan fingerprint density at radius 1 is 1.31 bits per heavy atom. The van der Waals surface area contributed by atoms with Crippen LogP contribution >= 0.6 is 0 Å². The topological polar surface area (TPSA) is 26.0 Å². The molecule has 0 aliphatic heterocycles. The van der Waals surface area contributed by atoms with Crippen LogP contribution in [0.4, 0.5) is 4.39 Å². The highest BCUT2D eigenvalue weighted by atomic mass is 19.1. The lowest BCUT2D eigenvalue weighted by Crippen LogP contribution is -2.17. The molecule has 0 heterocycles. The van der Waals surface area contributed by atoms with Crippen LogP contribution in [0.1, 0.15) is 31.0 Å². The molecule has 1 atom stereocenters. The van der Waals surface area contributed by atoms with Crippen LogP contribution in [0.25, 0.3) is 0 Å². The van der Waals surface area contributed by atoms with Crippen LogP contribution in [0.15, 0.2) is 18.2 Å². The van der Waals surface area contributed by atoms with Gasteiger partial charge in [0, 0.05) is 6.04 Å². The minimum atomic E-state index is -0.197. The third kappa shape index (κ3) is 2.28. The van der Waals surface area contributed by atoms with E-state index in [9.17, 15) is 4.39 Å². The summed E-state index contributed by atoms with van der Waals surface area (Å²) in [7, 11) is 0. The van der Waals surface area contributed by atoms with Crippen LogP contribution in [0, 0.1) is 18.7 Å². The van der Waals surface area contributed by atoms with E-state index in [0.717, 1.165) is 11.1 Å². The van der Waals surface area contributed by atoms with Gasteiger partial charge in [-0.1, -0.05) is 19.9 Å². The molecule has 0 radical (unpaired) electrons. The van der Waals surface area contributed by atoms with E-state index in [0.29, 0.717) is 5.92 Å². The summed E-state index contributed by atoms with van der Waals surface area (Å²) in [6, 6.07) is 4.76. The summed E-state index contributed by atoms with van der Waals surface area (Å²) >= 11 is 0. The Kier molecular flexibility index (Phi) is 3.04. The Balaban J connectivity index is 3.01. The fraction of sp³-hybridized carbons (Fsp3) is 0.455. The summed E-state index contributed by atoms with van der Waals surface area (Å²) in [5.74, 6) is 0.182. The molecule has 0 fully saturated rings. The largest absolute Gasteiger partial charge is 0.324 e. The number of aryl methyl sites for hydroxylation is 1. The van der Waals surface area contributed by atoms with Crippen molar-refractivity contribution >= 4 is 0 Å². The fourth-order valence-electron chi connectivity index (χ4n) is 1.37. The van der Waals surface area contributed by atoms with Gasteiger partial charge in [0.05, 0.1) is 0 Å². The molecule has 0 saturated heterocycles. The van der Waals surface area contributed by atoms with E-state index in [-0.39, 0.29) is 11.9 Å². The van der Waals surface area contributed by atoms with Gasteiger partial charge in [0.15, 0.2) is 0 Å². The standard InChI is InChI=1S/C11H16FN/c1-7(2)11(13)10-5-4-9(12)6-8(10)3/h4-7,11H,13H2,1-3H3/t11-/m0/s1. The Morgan fingerprint density at radius 2 is 1.92 bits per heavy atom. The minimum Gasteiger partial charge on any atom is -0.324 e. The molecule has 0 aromatic heterocycles. The molecule has 13 heavy (non-hydrogen) atoms. The lowest BCUT2D eigenvalue weighted by molar-refractivity contribution is 0.510. The van der Waals surface area contributed by atoms with Crippen LogP contribution in [0.5, 0.6) is 0 Å². The van der Waals surface area contributed by atoms with Crippen molar-refractivity contribution in [2.24, 2.45) is 11.7 Å². The Labute approximate surface area is 78.8 Å². The first-order chi connectivity index (χ1) is 6.02. The lowest BCUT2D eigenvalue weighted by Gasteiger charge is -2.18. The molecule has 0 unspecified atom stereocenters. The van der Waals surface area contributed by atoms with Gasteiger partial charge in [-0.2, -0.15) is 0 Å². The Bertz CT molecular complexity index is 294. The number of benzene rings is 1. The number of halogens is 1. The van der Waals surface area contributed by atoms with E-state index in [4.69, 9.17) is 5.73 Å². The highest BCUT2D eigenvalue weighted by molar-refractivity contribution is 5.29. The first-order valence-electron chi connectivity index (χ1n) is 4.54. The van der Waals surface area contributed by atoms with Crippen molar-refractivity contribution in [2.45, 2.75) is 26.8 Å². The van der Waals surface area contributed by atoms with Gasteiger partial charge in [-0.25, -0.2) is 4.39 Å². The monoisotopic (exact) mass is 181 g/mol. The molecule has 0 amide bonds. The van der Waals surface area contributed by atoms with Crippen molar-refractivity contribution in [3.05, 3.63) is 35.1 Å². The SMILES string of the molecule is Cc1cc(F)ccc1[C@@H](N)C(C)C. The lowest BCUT2D eigenvalue weighted by atomic mass is 9.93. The molecule has 2 N–H and O–H groups in total. The molecule has 1 aromatic carbocycles. The van der Waals surface area contributed by atoms with Gasteiger partial charge in [0.25, 0.3) is 0 Å². The van der Waals surface area contributed by atoms with Crippen molar-refractivity contribution in [1.29, 1.82) is 0 Å². The van der Waals surface area contributed by atoms with Crippen LogP contribution < -0.4 is 5.73 Å². The Hall–Kier alpha value is -0.890. The summed E-state index contributed by atoms with van der Waals surface area (Å²) in [6.45, 7) is 6.02. The van der Waals surface area contributed by atoms with E-state index < -0.39 is 0 Å². The molecule has 1 aromatic rings. The van der Waals surface area contributed by atoms with Crippen LogP contribution in [-0.2, 0) is 0 Å². The van der Waals surface area contributed by atoms with Gasteiger partial charge >= 0.3 is 0 Å². The maximum absolute atomic E-state index is 12.8. The predicted molar refractivity (Wildman–Crippen MR) is 52.9 cm³/mol. The van der Waals surface area contributed by atoms with E-state index in [2.05, 4.69) is 13.8 Å². The van der Waals surface area contributed by atoms with Crippen molar-refractivity contribution < 1.29 is 4.39 Å². The second kappa shape index (κ2) is 3.88. The van der Waals surface area contributed by atoms with Gasteiger partial charge in [-0.15, -0.1) is 0 Å². The van der Waals surface area contributed by atoms with E-state index in [1.54, 1.807) is 6.07 Å². The average molecular weight is 181 g/mol. The zero-order valence-electron chi connectivity index (χ0n) is 8.34. The molecule has 72 valence electrons. The quantitative estimate of drug-likeness (QED) is 0.746. The molecular weight excluding hydrogens is 165 g/mol. The molecule has 0 saturated carbocycles. The third-order valence-corrected chi connectivity index (χ3v) is 2.31. The van der Waals surface area contributed by atoms with E-state index in [1.807, 2.05) is 6.92 Å². The zero-order chi connectivity index (χ0) is 10.0. The van der Waals surface area contributed by atoms with Crippen molar-refractivity contribution in [1.82, 2.24) is 0 Å². The van der Waals surface area contributed by atoms with E-state index in [1.165, 1.54) is 12.1 Å². The van der Waals surface area contributed by atoms with Crippen LogP contribution in [0.2, 0.25) is 0 Å². The predicted octanol–water partition coefficient (Wildman–Crippen LogP) is 2.79. The normalized spacial score (nSPS) is 13.4. The molecule has 0 spiro atoms. The first-order valence-corrected chi connectivity index (χ1v) is 4.54.